The summed E-state index contributed by atoms with van der Waals surface area (Å²) in [7, 11) is 0. The topological polar surface area (TPSA) is 160 Å². The number of aromatic amines is 1. The number of imidazole rings is 1. The van der Waals surface area contributed by atoms with Gasteiger partial charge in [-0.2, -0.15) is 4.98 Å². The highest BCUT2D eigenvalue weighted by atomic mass is 16.6. The fourth-order valence-electron chi connectivity index (χ4n) is 2.67. The van der Waals surface area contributed by atoms with Crippen LogP contribution in [0.1, 0.15) is 6.23 Å². The van der Waals surface area contributed by atoms with E-state index < -0.39 is 35.7 Å². The molecule has 1 aliphatic carbocycles. The van der Waals surface area contributed by atoms with Gasteiger partial charge in [0.15, 0.2) is 23.0 Å². The third kappa shape index (κ3) is 1.19. The number of aliphatic hydroxyl groups excluding tert-OH is 2. The van der Waals surface area contributed by atoms with E-state index in [1.165, 1.54) is 10.9 Å². The summed E-state index contributed by atoms with van der Waals surface area (Å²) < 4.78 is 6.68. The van der Waals surface area contributed by atoms with E-state index in [9.17, 15) is 20.1 Å². The van der Waals surface area contributed by atoms with Gasteiger partial charge in [0.25, 0.3) is 5.56 Å². The minimum atomic E-state index is -1.69. The molecule has 0 spiro atoms. The predicted octanol–water partition coefficient (Wildman–Crippen LogP) is -2.93. The average molecular weight is 281 g/mol. The second-order valence-corrected chi connectivity index (χ2v) is 5.00. The van der Waals surface area contributed by atoms with Crippen molar-refractivity contribution in [3.8, 4) is 0 Å². The first-order valence-electron chi connectivity index (χ1n) is 5.91. The molecule has 2 aliphatic rings. The van der Waals surface area contributed by atoms with Crippen molar-refractivity contribution in [3.05, 3.63) is 16.7 Å². The summed E-state index contributed by atoms with van der Waals surface area (Å²) in [5, 5.41) is 29.5. The molecule has 6 N–H and O–H groups in total. The SMILES string of the molecule is Nc1nc2c(ncn2[C@@H]2O[C@@H]3C(O)[C@]3(O)[C@H]2O)c(=O)[nH]1. The van der Waals surface area contributed by atoms with Gasteiger partial charge in [0.05, 0.1) is 6.33 Å². The number of aromatic nitrogens is 4. The molecule has 10 nitrogen and oxygen atoms in total. The van der Waals surface area contributed by atoms with E-state index in [1.807, 2.05) is 0 Å². The largest absolute Gasteiger partial charge is 0.387 e. The van der Waals surface area contributed by atoms with Gasteiger partial charge < -0.3 is 25.8 Å². The second-order valence-electron chi connectivity index (χ2n) is 5.00. The van der Waals surface area contributed by atoms with Gasteiger partial charge in [-0.25, -0.2) is 4.98 Å². The van der Waals surface area contributed by atoms with Crippen LogP contribution in [0.3, 0.4) is 0 Å². The lowest BCUT2D eigenvalue weighted by Crippen LogP contribution is -2.36. The van der Waals surface area contributed by atoms with E-state index in [1.54, 1.807) is 0 Å². The molecule has 2 aromatic rings. The predicted molar refractivity (Wildman–Crippen MR) is 63.4 cm³/mol. The number of ether oxygens (including phenoxy) is 1. The Bertz CT molecular complexity index is 771. The van der Waals surface area contributed by atoms with Crippen LogP contribution in [-0.2, 0) is 4.74 Å². The maximum absolute atomic E-state index is 11.7. The lowest BCUT2D eigenvalue weighted by molar-refractivity contribution is -0.0942. The van der Waals surface area contributed by atoms with Crippen molar-refractivity contribution in [2.45, 2.75) is 30.1 Å². The Kier molecular flexibility index (Phi) is 1.98. The summed E-state index contributed by atoms with van der Waals surface area (Å²) in [5.41, 5.74) is 3.45. The maximum Gasteiger partial charge on any atom is 0.280 e. The molecule has 106 valence electrons. The molecule has 1 saturated carbocycles. The van der Waals surface area contributed by atoms with E-state index in [2.05, 4.69) is 15.0 Å². The Morgan fingerprint density at radius 2 is 2.20 bits per heavy atom. The third-order valence-electron chi connectivity index (χ3n) is 3.86. The molecule has 5 atom stereocenters. The molecule has 1 unspecified atom stereocenters. The Morgan fingerprint density at radius 1 is 1.45 bits per heavy atom. The van der Waals surface area contributed by atoms with Crippen LogP contribution < -0.4 is 11.3 Å². The van der Waals surface area contributed by atoms with Crippen LogP contribution in [-0.4, -0.2) is 58.8 Å². The highest BCUT2D eigenvalue weighted by Crippen LogP contribution is 2.53. The van der Waals surface area contributed by atoms with Gasteiger partial charge >= 0.3 is 0 Å². The fraction of sp³-hybridized carbons (Fsp3) is 0.500. The van der Waals surface area contributed by atoms with Crippen LogP contribution in [0.15, 0.2) is 11.1 Å². The number of nitrogens with zero attached hydrogens (tertiary/aromatic N) is 3. The van der Waals surface area contributed by atoms with E-state index in [0.717, 1.165) is 0 Å². The molecule has 10 heteroatoms. The second kappa shape index (κ2) is 3.35. The number of nitrogens with one attached hydrogen (secondary N) is 1. The molecule has 2 fully saturated rings. The van der Waals surface area contributed by atoms with Gasteiger partial charge in [0.1, 0.15) is 18.3 Å². The molecule has 0 aromatic carbocycles. The normalized spacial score (nSPS) is 39.1. The van der Waals surface area contributed by atoms with Crippen molar-refractivity contribution >= 4 is 17.1 Å². The number of fused-ring (bicyclic) bond motifs is 2. The van der Waals surface area contributed by atoms with Gasteiger partial charge in [-0.05, 0) is 0 Å². The summed E-state index contributed by atoms with van der Waals surface area (Å²) in [4.78, 5) is 21.8. The lowest BCUT2D eigenvalue weighted by Gasteiger charge is -2.22. The number of hydrogen-bond donors (Lipinski definition) is 5. The summed E-state index contributed by atoms with van der Waals surface area (Å²) in [6, 6.07) is 0. The quantitative estimate of drug-likeness (QED) is 0.371. The Morgan fingerprint density at radius 3 is 2.85 bits per heavy atom. The smallest absolute Gasteiger partial charge is 0.280 e. The molecular weight excluding hydrogens is 270 g/mol. The molecule has 4 rings (SSSR count). The Labute approximate surface area is 110 Å². The molecule has 1 aliphatic heterocycles. The van der Waals surface area contributed by atoms with Crippen LogP contribution in [0.25, 0.3) is 11.2 Å². The molecule has 20 heavy (non-hydrogen) atoms. The minimum absolute atomic E-state index is 0.0445. The Hall–Kier alpha value is -2.01. The highest BCUT2D eigenvalue weighted by Gasteiger charge is 2.76. The van der Waals surface area contributed by atoms with Crippen LogP contribution >= 0.6 is 0 Å². The monoisotopic (exact) mass is 281 g/mol. The maximum atomic E-state index is 11.7. The number of rotatable bonds is 1. The number of aliphatic hydroxyl groups is 3. The van der Waals surface area contributed by atoms with Crippen molar-refractivity contribution in [2.75, 3.05) is 5.73 Å². The number of hydrogen-bond acceptors (Lipinski definition) is 8. The summed E-state index contributed by atoms with van der Waals surface area (Å²) >= 11 is 0. The number of anilines is 1. The average Bonchev–Trinajstić information content (AvgIpc) is 2.74. The molecule has 0 bridgehead atoms. The highest BCUT2D eigenvalue weighted by molar-refractivity contribution is 5.70. The zero-order valence-corrected chi connectivity index (χ0v) is 9.96. The van der Waals surface area contributed by atoms with Gasteiger partial charge in [-0.3, -0.25) is 14.3 Å². The third-order valence-corrected chi connectivity index (χ3v) is 3.86. The molecule has 3 heterocycles. The fourth-order valence-corrected chi connectivity index (χ4v) is 2.67. The summed E-state index contributed by atoms with van der Waals surface area (Å²) in [6.07, 6.45) is -3.07. The first kappa shape index (κ1) is 11.8. The van der Waals surface area contributed by atoms with Crippen molar-refractivity contribution < 1.29 is 20.1 Å². The van der Waals surface area contributed by atoms with E-state index in [4.69, 9.17) is 10.5 Å². The van der Waals surface area contributed by atoms with Crippen molar-refractivity contribution in [1.82, 2.24) is 19.5 Å². The van der Waals surface area contributed by atoms with Crippen molar-refractivity contribution in [1.29, 1.82) is 0 Å². The van der Waals surface area contributed by atoms with Gasteiger partial charge in [-0.1, -0.05) is 0 Å². The number of nitrogens with two attached hydrogens (primary N) is 1. The molecule has 0 amide bonds. The molecule has 2 aromatic heterocycles. The minimum Gasteiger partial charge on any atom is -0.387 e. The first-order valence-corrected chi connectivity index (χ1v) is 5.91. The first-order chi connectivity index (χ1) is 9.44. The number of nitrogen functional groups attached to an aromatic ring is 1. The number of H-pyrrole nitrogens is 1. The van der Waals surface area contributed by atoms with Gasteiger partial charge in [-0.15, -0.1) is 0 Å². The standard InChI is InChI=1S/C10H11N5O5/c11-9-13-6-2(7(18)14-9)12-1-15(6)8-4(17)10(19)3(16)5(10)20-8/h1,3-5,8,16-17,19H,(H3,11,13,14,18)/t3?,4-,5+,8+,10-/m0/s1. The molecular formula is C10H11N5O5. The molecule has 1 saturated heterocycles. The summed E-state index contributed by atoms with van der Waals surface area (Å²) in [6.45, 7) is 0. The van der Waals surface area contributed by atoms with Crippen molar-refractivity contribution in [3.63, 3.8) is 0 Å². The van der Waals surface area contributed by atoms with Gasteiger partial charge in [0, 0.05) is 0 Å². The summed E-state index contributed by atoms with van der Waals surface area (Å²) in [5.74, 6) is -0.0966. The van der Waals surface area contributed by atoms with Gasteiger partial charge in [0.2, 0.25) is 5.95 Å². The van der Waals surface area contributed by atoms with Crippen LogP contribution in [0.4, 0.5) is 5.95 Å². The molecule has 0 radical (unpaired) electrons. The zero-order chi connectivity index (χ0) is 14.2. The lowest BCUT2D eigenvalue weighted by atomic mass is 10.1. The van der Waals surface area contributed by atoms with Crippen molar-refractivity contribution in [2.24, 2.45) is 0 Å². The van der Waals surface area contributed by atoms with Crippen LogP contribution in [0, 0.1) is 0 Å². The van der Waals surface area contributed by atoms with E-state index in [-0.39, 0.29) is 17.1 Å². The zero-order valence-electron chi connectivity index (χ0n) is 9.96. The van der Waals surface area contributed by atoms with E-state index >= 15 is 0 Å². The van der Waals surface area contributed by atoms with Crippen LogP contribution in [0.2, 0.25) is 0 Å². The van der Waals surface area contributed by atoms with E-state index in [0.29, 0.717) is 0 Å². The Balaban J connectivity index is 1.83. The van der Waals surface area contributed by atoms with Crippen LogP contribution in [0.5, 0.6) is 0 Å².